The average molecular weight is 420 g/mol. The van der Waals surface area contributed by atoms with Gasteiger partial charge in [-0.2, -0.15) is 0 Å². The molecule has 0 saturated heterocycles. The third-order valence-corrected chi connectivity index (χ3v) is 2.22. The van der Waals surface area contributed by atoms with Gasteiger partial charge in [0.2, 0.25) is 0 Å². The number of aliphatic hydroxyl groups is 1. The van der Waals surface area contributed by atoms with Gasteiger partial charge in [0, 0.05) is 50.1 Å². The second kappa shape index (κ2) is 8.41. The van der Waals surface area contributed by atoms with E-state index < -0.39 is 6.10 Å². The Morgan fingerprint density at radius 3 is 2.47 bits per heavy atom. The molecule has 0 heterocycles. The van der Waals surface area contributed by atoms with E-state index in [4.69, 9.17) is 0 Å². The van der Waals surface area contributed by atoms with Gasteiger partial charge in [0.15, 0.2) is 0 Å². The van der Waals surface area contributed by atoms with Crippen LogP contribution in [0, 0.1) is 44.1 Å². The van der Waals surface area contributed by atoms with Crippen LogP contribution >= 0.6 is 0 Å². The molecule has 0 aromatic heterocycles. The molecule has 3 nitrogen and oxygen atoms in total. The topological polar surface area (TPSA) is 49.3 Å². The summed E-state index contributed by atoms with van der Waals surface area (Å²) in [7, 11) is 1.74. The zero-order valence-corrected chi connectivity index (χ0v) is 13.5. The first-order valence-electron chi connectivity index (χ1n) is 4.62. The molecule has 0 aliphatic heterocycles. The predicted octanol–water partition coefficient (Wildman–Crippen LogP) is 0.377. The van der Waals surface area contributed by atoms with E-state index in [9.17, 15) is 9.90 Å². The van der Waals surface area contributed by atoms with E-state index in [0.29, 0.717) is 12.7 Å². The van der Waals surface area contributed by atoms with E-state index in [2.05, 4.69) is 5.32 Å². The van der Waals surface area contributed by atoms with Crippen molar-refractivity contribution in [1.29, 1.82) is 0 Å². The molecule has 4 heteroatoms. The van der Waals surface area contributed by atoms with Crippen molar-refractivity contribution < 1.29 is 54.0 Å². The van der Waals surface area contributed by atoms with Crippen molar-refractivity contribution in [3.05, 3.63) is 35.9 Å². The first-order chi connectivity index (χ1) is 6.77. The molecule has 0 saturated carbocycles. The minimum atomic E-state index is -0.944. The number of nitrogens with one attached hydrogen (secondary N) is 1. The molecule has 0 fully saturated rings. The van der Waals surface area contributed by atoms with Gasteiger partial charge in [0.05, 0.1) is 0 Å². The molecule has 79 valence electrons. The van der Waals surface area contributed by atoms with Gasteiger partial charge in [-0.15, -0.1) is 0 Å². The fourth-order valence-corrected chi connectivity index (χ4v) is 1.36. The first kappa shape index (κ1) is 15.3. The van der Waals surface area contributed by atoms with E-state index in [1.54, 1.807) is 7.05 Å². The predicted molar refractivity (Wildman–Crippen MR) is 55.1 cm³/mol. The molecule has 0 spiro atoms. The van der Waals surface area contributed by atoms with Crippen molar-refractivity contribution in [3.63, 3.8) is 0 Å². The molecule has 1 aromatic rings. The number of aldehydes is 1. The number of likely N-dealkylation sites (N-methyl/N-ethyl adjacent to an activating group) is 1. The van der Waals surface area contributed by atoms with Crippen LogP contribution in [0.1, 0.15) is 5.56 Å². The Morgan fingerprint density at radius 1 is 1.40 bits per heavy atom. The van der Waals surface area contributed by atoms with Crippen LogP contribution in [0.5, 0.6) is 0 Å². The first-order valence-corrected chi connectivity index (χ1v) is 4.62. The summed E-state index contributed by atoms with van der Waals surface area (Å²) in [5.74, 6) is 0. The van der Waals surface area contributed by atoms with Crippen LogP contribution in [0.15, 0.2) is 30.3 Å². The number of aliphatic hydroxyl groups excluding tert-OH is 1. The fraction of sp³-hybridized carbons (Fsp3) is 0.364. The summed E-state index contributed by atoms with van der Waals surface area (Å²) in [6.07, 6.45) is 0.265. The van der Waals surface area contributed by atoms with Crippen molar-refractivity contribution in [2.75, 3.05) is 7.05 Å². The molecule has 0 aliphatic carbocycles. The van der Waals surface area contributed by atoms with Gasteiger partial charge in [-0.25, -0.2) is 0 Å². The van der Waals surface area contributed by atoms with Gasteiger partial charge in [-0.3, -0.25) is 0 Å². The normalized spacial score (nSPS) is 13.7. The number of hydrogen-bond acceptors (Lipinski definition) is 3. The third kappa shape index (κ3) is 5.22. The second-order valence-electron chi connectivity index (χ2n) is 3.21. The molecule has 2 N–H and O–H groups in total. The minimum Gasteiger partial charge on any atom is -0.384 e. The summed E-state index contributed by atoms with van der Waals surface area (Å²) in [6.45, 7) is 0. The van der Waals surface area contributed by atoms with Crippen LogP contribution in [0.3, 0.4) is 0 Å². The van der Waals surface area contributed by atoms with Crippen LogP contribution in [-0.4, -0.2) is 30.6 Å². The van der Waals surface area contributed by atoms with E-state index in [-0.39, 0.29) is 50.1 Å². The molecule has 2 atom stereocenters. The monoisotopic (exact) mass is 420 g/mol. The van der Waals surface area contributed by atoms with Crippen LogP contribution < -0.4 is 5.32 Å². The maximum atomic E-state index is 10.4. The Kier molecular flexibility index (Phi) is 8.55. The zero-order chi connectivity index (χ0) is 10.4. The minimum absolute atomic E-state index is 0. The van der Waals surface area contributed by atoms with Crippen LogP contribution in [0.25, 0.3) is 0 Å². The van der Waals surface area contributed by atoms with E-state index in [0.717, 1.165) is 5.56 Å². The number of benzene rings is 1. The number of carbonyl (C=O) groups is 1. The molecule has 1 rings (SSSR count). The molecule has 0 bridgehead atoms. The number of carbonyl (C=O) groups excluding carboxylic acids is 1. The molecular weight excluding hydrogens is 405 g/mol. The van der Waals surface area contributed by atoms with E-state index >= 15 is 0 Å². The summed E-state index contributed by atoms with van der Waals surface area (Å²) in [4.78, 5) is 10.4. The Balaban J connectivity index is 0.00000196. The Morgan fingerprint density at radius 2 is 2.00 bits per heavy atom. The zero-order valence-electron chi connectivity index (χ0n) is 8.76. The Bertz CT molecular complexity index is 279. The van der Waals surface area contributed by atoms with Gasteiger partial charge >= 0.3 is 0 Å². The SMILES string of the molecule is CN[C@@H](Cc1ccccc1)[C@H](O)C=O.[Ac]. The Hall–Kier alpha value is 0.252. The van der Waals surface area contributed by atoms with Crippen LogP contribution in [0.4, 0.5) is 0 Å². The number of hydrogen-bond donors (Lipinski definition) is 2. The maximum Gasteiger partial charge on any atom is 0.150 e. The molecule has 15 heavy (non-hydrogen) atoms. The average Bonchev–Trinajstić information content (AvgIpc) is 2.26. The van der Waals surface area contributed by atoms with E-state index in [1.165, 1.54) is 0 Å². The van der Waals surface area contributed by atoms with Gasteiger partial charge in [0.25, 0.3) is 0 Å². The molecular formula is C11H15AcNO2. The summed E-state index contributed by atoms with van der Waals surface area (Å²) in [6, 6.07) is 9.55. The van der Waals surface area contributed by atoms with Crippen molar-refractivity contribution in [3.8, 4) is 0 Å². The largest absolute Gasteiger partial charge is 0.384 e. The quantitative estimate of drug-likeness (QED) is 0.678. The second-order valence-corrected chi connectivity index (χ2v) is 3.21. The molecule has 1 radical (unpaired) electrons. The summed E-state index contributed by atoms with van der Waals surface area (Å²) in [5, 5.41) is 12.3. The van der Waals surface area contributed by atoms with Crippen molar-refractivity contribution >= 4 is 6.29 Å². The summed E-state index contributed by atoms with van der Waals surface area (Å²) in [5.41, 5.74) is 1.10. The molecule has 0 unspecified atom stereocenters. The maximum absolute atomic E-state index is 10.4. The standard InChI is InChI=1S/C11H15NO2.Ac/c1-12-10(11(14)8-13)7-9-5-3-2-4-6-9;/h2-6,8,10-12,14H,7H2,1H3;/t10-,11+;/m0./s1. The summed E-state index contributed by atoms with van der Waals surface area (Å²) < 4.78 is 0. The molecule has 0 aliphatic rings. The smallest absolute Gasteiger partial charge is 0.150 e. The van der Waals surface area contributed by atoms with Gasteiger partial charge in [-0.05, 0) is 19.0 Å². The molecule has 0 amide bonds. The Labute approximate surface area is 126 Å². The van der Waals surface area contributed by atoms with Crippen molar-refractivity contribution in [2.24, 2.45) is 0 Å². The van der Waals surface area contributed by atoms with Crippen molar-refractivity contribution in [1.82, 2.24) is 5.32 Å². The van der Waals surface area contributed by atoms with E-state index in [1.807, 2.05) is 30.3 Å². The van der Waals surface area contributed by atoms with Gasteiger partial charge < -0.3 is 15.2 Å². The van der Waals surface area contributed by atoms with Gasteiger partial charge in [-0.1, -0.05) is 30.3 Å². The number of rotatable bonds is 5. The van der Waals surface area contributed by atoms with Crippen LogP contribution in [-0.2, 0) is 11.2 Å². The van der Waals surface area contributed by atoms with Gasteiger partial charge in [0.1, 0.15) is 12.4 Å². The van der Waals surface area contributed by atoms with Crippen LogP contribution in [0.2, 0.25) is 0 Å². The summed E-state index contributed by atoms with van der Waals surface area (Å²) >= 11 is 0. The third-order valence-electron chi connectivity index (χ3n) is 2.22. The fourth-order valence-electron chi connectivity index (χ4n) is 1.36. The molecule has 1 aromatic carbocycles. The van der Waals surface area contributed by atoms with Crippen molar-refractivity contribution in [2.45, 2.75) is 18.6 Å².